The molecule has 0 saturated heterocycles. The molecule has 1 aliphatic rings. The van der Waals surface area contributed by atoms with Crippen LogP contribution in [0, 0.1) is 16.7 Å². The average molecular weight is 300 g/mol. The summed E-state index contributed by atoms with van der Waals surface area (Å²) in [5, 5.41) is 3.73. The molecule has 1 aliphatic carbocycles. The number of hydrogen-bond donors (Lipinski definition) is 1. The van der Waals surface area contributed by atoms with E-state index in [9.17, 15) is 0 Å². The van der Waals surface area contributed by atoms with Crippen LogP contribution in [0.4, 0.5) is 0 Å². The van der Waals surface area contributed by atoms with E-state index in [0.29, 0.717) is 16.9 Å². The molecule has 20 heavy (non-hydrogen) atoms. The van der Waals surface area contributed by atoms with E-state index in [1.165, 1.54) is 50.8 Å². The van der Waals surface area contributed by atoms with Crippen molar-refractivity contribution >= 4 is 11.8 Å². The molecule has 1 saturated carbocycles. The normalized spacial score (nSPS) is 28.1. The molecular formula is C18H37NS. The number of rotatable bonds is 7. The Morgan fingerprint density at radius 2 is 1.80 bits per heavy atom. The lowest BCUT2D eigenvalue weighted by Gasteiger charge is -2.45. The van der Waals surface area contributed by atoms with Crippen LogP contribution in [-0.2, 0) is 0 Å². The van der Waals surface area contributed by atoms with E-state index in [2.05, 4.69) is 46.2 Å². The zero-order valence-corrected chi connectivity index (χ0v) is 15.5. The summed E-state index contributed by atoms with van der Waals surface area (Å²) in [5.41, 5.74) is 1.08. The number of nitrogens with one attached hydrogen (secondary N) is 1. The summed E-state index contributed by atoms with van der Waals surface area (Å²) >= 11 is 2.00. The first kappa shape index (κ1) is 18.4. The highest BCUT2D eigenvalue weighted by Gasteiger charge is 2.38. The molecule has 1 nitrogen and oxygen atoms in total. The molecule has 0 aromatic carbocycles. The molecule has 1 N–H and O–H groups in total. The van der Waals surface area contributed by atoms with Crippen molar-refractivity contribution in [2.45, 2.75) is 79.2 Å². The number of thioether (sulfide) groups is 1. The first-order chi connectivity index (χ1) is 9.29. The molecule has 0 atom stereocenters. The van der Waals surface area contributed by atoms with Gasteiger partial charge in [0.25, 0.3) is 0 Å². The van der Waals surface area contributed by atoms with Gasteiger partial charge < -0.3 is 5.32 Å². The minimum Gasteiger partial charge on any atom is -0.314 e. The molecule has 0 radical (unpaired) electrons. The largest absolute Gasteiger partial charge is 0.314 e. The van der Waals surface area contributed by atoms with E-state index in [4.69, 9.17) is 0 Å². The second-order valence-corrected chi connectivity index (χ2v) is 9.26. The Kier molecular flexibility index (Phi) is 7.41. The third-order valence-electron chi connectivity index (χ3n) is 5.21. The van der Waals surface area contributed by atoms with Gasteiger partial charge in [-0.1, -0.05) is 34.6 Å². The Morgan fingerprint density at radius 1 is 1.20 bits per heavy atom. The first-order valence-electron chi connectivity index (χ1n) is 8.51. The average Bonchev–Trinajstić information content (AvgIpc) is 2.36. The number of hydrogen-bond acceptors (Lipinski definition) is 2. The van der Waals surface area contributed by atoms with E-state index in [0.717, 1.165) is 5.92 Å². The predicted molar refractivity (Wildman–Crippen MR) is 94.6 cm³/mol. The molecule has 0 aromatic heterocycles. The van der Waals surface area contributed by atoms with Crippen molar-refractivity contribution in [3.8, 4) is 0 Å². The molecule has 0 aliphatic heterocycles. The molecule has 1 rings (SSSR count). The van der Waals surface area contributed by atoms with Crippen molar-refractivity contribution in [3.05, 3.63) is 0 Å². The van der Waals surface area contributed by atoms with Gasteiger partial charge in [-0.3, -0.25) is 0 Å². The molecule has 0 spiro atoms. The highest BCUT2D eigenvalue weighted by molar-refractivity contribution is 7.98. The fraction of sp³-hybridized carbons (Fsp3) is 1.00. The molecular weight excluding hydrogens is 262 g/mol. The fourth-order valence-corrected chi connectivity index (χ4v) is 4.06. The topological polar surface area (TPSA) is 12.0 Å². The molecule has 2 heteroatoms. The van der Waals surface area contributed by atoms with E-state index in [1.54, 1.807) is 0 Å². The van der Waals surface area contributed by atoms with E-state index < -0.39 is 0 Å². The second-order valence-electron chi connectivity index (χ2n) is 8.27. The van der Waals surface area contributed by atoms with Crippen LogP contribution < -0.4 is 5.32 Å². The van der Waals surface area contributed by atoms with E-state index in [1.807, 2.05) is 11.8 Å². The van der Waals surface area contributed by atoms with Gasteiger partial charge in [-0.2, -0.15) is 11.8 Å². The van der Waals surface area contributed by atoms with Crippen molar-refractivity contribution in [1.82, 2.24) is 5.32 Å². The summed E-state index contributed by atoms with van der Waals surface area (Å²) in [4.78, 5) is 0. The van der Waals surface area contributed by atoms with Crippen LogP contribution in [0.3, 0.4) is 0 Å². The third-order valence-corrected chi connectivity index (χ3v) is 5.91. The second kappa shape index (κ2) is 8.08. The molecule has 0 unspecified atom stereocenters. The molecule has 1 fully saturated rings. The van der Waals surface area contributed by atoms with Crippen molar-refractivity contribution < 1.29 is 0 Å². The maximum Gasteiger partial charge on any atom is 0.00106 e. The molecule has 120 valence electrons. The van der Waals surface area contributed by atoms with Gasteiger partial charge >= 0.3 is 0 Å². The maximum atomic E-state index is 3.73. The maximum absolute atomic E-state index is 3.73. The van der Waals surface area contributed by atoms with Gasteiger partial charge in [-0.15, -0.1) is 0 Å². The first-order valence-corrected chi connectivity index (χ1v) is 9.91. The van der Waals surface area contributed by atoms with E-state index >= 15 is 0 Å². The Bertz CT molecular complexity index is 259. The Balaban J connectivity index is 2.57. The Hall–Kier alpha value is 0.310. The summed E-state index contributed by atoms with van der Waals surface area (Å²) in [6.07, 6.45) is 10.8. The standard InChI is InChI=1S/C18H37NS/c1-15(2)19-14-18(10-7-13-20-6)11-8-16(9-12-18)17(3,4)5/h15-16,19H,7-14H2,1-6H3. The van der Waals surface area contributed by atoms with Crippen LogP contribution in [0.25, 0.3) is 0 Å². The van der Waals surface area contributed by atoms with Crippen LogP contribution in [0.5, 0.6) is 0 Å². The molecule has 0 heterocycles. The minimum absolute atomic E-state index is 0.497. The quantitative estimate of drug-likeness (QED) is 0.636. The Labute approximate surface area is 132 Å². The zero-order valence-electron chi connectivity index (χ0n) is 14.7. The SMILES string of the molecule is CSCCCC1(CNC(C)C)CCC(C(C)(C)C)CC1. The fourth-order valence-electron chi connectivity index (χ4n) is 3.62. The third kappa shape index (κ3) is 5.97. The van der Waals surface area contributed by atoms with Crippen molar-refractivity contribution in [3.63, 3.8) is 0 Å². The lowest BCUT2D eigenvalue weighted by molar-refractivity contribution is 0.0778. The summed E-state index contributed by atoms with van der Waals surface area (Å²) < 4.78 is 0. The van der Waals surface area contributed by atoms with Crippen molar-refractivity contribution in [2.75, 3.05) is 18.6 Å². The predicted octanol–water partition coefficient (Wildman–Crippen LogP) is 5.35. The van der Waals surface area contributed by atoms with Gasteiger partial charge in [0, 0.05) is 12.6 Å². The molecule has 0 aromatic rings. The van der Waals surface area contributed by atoms with Crippen LogP contribution >= 0.6 is 11.8 Å². The lowest BCUT2D eigenvalue weighted by Crippen LogP contribution is -2.41. The Morgan fingerprint density at radius 3 is 2.25 bits per heavy atom. The van der Waals surface area contributed by atoms with Crippen LogP contribution in [0.1, 0.15) is 73.1 Å². The van der Waals surface area contributed by atoms with E-state index in [-0.39, 0.29) is 0 Å². The summed E-state index contributed by atoms with van der Waals surface area (Å²) in [6, 6.07) is 0.618. The molecule has 0 bridgehead atoms. The molecule has 0 amide bonds. The smallest absolute Gasteiger partial charge is 0.00106 e. The summed E-state index contributed by atoms with van der Waals surface area (Å²) in [5.74, 6) is 2.25. The zero-order chi connectivity index (χ0) is 15.2. The highest BCUT2D eigenvalue weighted by Crippen LogP contribution is 2.47. The van der Waals surface area contributed by atoms with Gasteiger partial charge in [0.05, 0.1) is 0 Å². The van der Waals surface area contributed by atoms with Gasteiger partial charge in [0.1, 0.15) is 0 Å². The van der Waals surface area contributed by atoms with Crippen molar-refractivity contribution in [1.29, 1.82) is 0 Å². The minimum atomic E-state index is 0.497. The van der Waals surface area contributed by atoms with Gasteiger partial charge in [0.15, 0.2) is 0 Å². The van der Waals surface area contributed by atoms with Crippen LogP contribution in [0.2, 0.25) is 0 Å². The monoisotopic (exact) mass is 299 g/mol. The summed E-state index contributed by atoms with van der Waals surface area (Å²) in [6.45, 7) is 13.0. The highest BCUT2D eigenvalue weighted by atomic mass is 32.2. The van der Waals surface area contributed by atoms with Crippen LogP contribution in [0.15, 0.2) is 0 Å². The summed E-state index contributed by atoms with van der Waals surface area (Å²) in [7, 11) is 0. The van der Waals surface area contributed by atoms with Crippen molar-refractivity contribution in [2.24, 2.45) is 16.7 Å². The van der Waals surface area contributed by atoms with Crippen LogP contribution in [-0.4, -0.2) is 24.6 Å². The van der Waals surface area contributed by atoms with Gasteiger partial charge in [-0.25, -0.2) is 0 Å². The van der Waals surface area contributed by atoms with Gasteiger partial charge in [0.2, 0.25) is 0 Å². The van der Waals surface area contributed by atoms with Gasteiger partial charge in [-0.05, 0) is 67.3 Å². The lowest BCUT2D eigenvalue weighted by atomic mass is 9.62.